The summed E-state index contributed by atoms with van der Waals surface area (Å²) < 4.78 is 0. The molecule has 1 N–H and O–H groups in total. The summed E-state index contributed by atoms with van der Waals surface area (Å²) in [4.78, 5) is 12.0. The molecule has 0 saturated heterocycles. The predicted molar refractivity (Wildman–Crippen MR) is 68.6 cm³/mol. The van der Waals surface area contributed by atoms with Crippen LogP contribution >= 0.6 is 0 Å². The molecule has 0 aromatic heterocycles. The second kappa shape index (κ2) is 4.09. The number of ketones is 1. The highest BCUT2D eigenvalue weighted by atomic mass is 16.3. The average Bonchev–Trinajstić information content (AvgIpc) is 2.26. The van der Waals surface area contributed by atoms with Gasteiger partial charge in [-0.1, -0.05) is 25.0 Å². The molecule has 2 heteroatoms. The van der Waals surface area contributed by atoms with Crippen molar-refractivity contribution in [3.8, 4) is 0 Å². The van der Waals surface area contributed by atoms with E-state index in [1.807, 2.05) is 19.9 Å². The molecular weight excluding hydrogens is 212 g/mol. The van der Waals surface area contributed by atoms with Gasteiger partial charge in [0.2, 0.25) is 0 Å². The largest absolute Gasteiger partial charge is 0.393 e. The maximum Gasteiger partial charge on any atom is 0.181 e. The Bertz CT molecular complexity index is 413. The molecule has 3 atom stereocenters. The lowest BCUT2D eigenvalue weighted by Gasteiger charge is -2.47. The molecule has 2 aliphatic rings. The molecule has 0 radical (unpaired) electrons. The van der Waals surface area contributed by atoms with Crippen molar-refractivity contribution in [3.05, 3.63) is 22.8 Å². The van der Waals surface area contributed by atoms with Crippen LogP contribution in [0.2, 0.25) is 0 Å². The average molecular weight is 234 g/mol. The number of carbonyl (C=O) groups excluding carboxylic acids is 1. The van der Waals surface area contributed by atoms with Crippen LogP contribution in [0, 0.1) is 11.3 Å². The number of rotatable bonds is 0. The minimum atomic E-state index is -0.233. The van der Waals surface area contributed by atoms with E-state index in [1.54, 1.807) is 0 Å². The third kappa shape index (κ3) is 1.89. The van der Waals surface area contributed by atoms with Gasteiger partial charge in [0, 0.05) is 0 Å². The zero-order valence-electron chi connectivity index (χ0n) is 11.2. The molecular formula is C15H22O2. The van der Waals surface area contributed by atoms with Crippen molar-refractivity contribution in [2.24, 2.45) is 11.3 Å². The van der Waals surface area contributed by atoms with Crippen molar-refractivity contribution in [2.45, 2.75) is 53.1 Å². The SMILES string of the molecule is CC(C)=C1C[C@]2(C)C(=CC1=O)CC[C@H](O)[C@H]2C. The maximum atomic E-state index is 12.0. The number of aliphatic hydroxyl groups is 1. The van der Waals surface area contributed by atoms with Gasteiger partial charge >= 0.3 is 0 Å². The monoisotopic (exact) mass is 234 g/mol. The molecule has 0 heterocycles. The van der Waals surface area contributed by atoms with Crippen LogP contribution < -0.4 is 0 Å². The van der Waals surface area contributed by atoms with Crippen molar-refractivity contribution in [1.82, 2.24) is 0 Å². The van der Waals surface area contributed by atoms with E-state index >= 15 is 0 Å². The predicted octanol–water partition coefficient (Wildman–Crippen LogP) is 3.02. The van der Waals surface area contributed by atoms with Gasteiger partial charge < -0.3 is 5.11 Å². The third-order valence-electron chi connectivity index (χ3n) is 4.78. The highest BCUT2D eigenvalue weighted by Crippen LogP contribution is 2.51. The third-order valence-corrected chi connectivity index (χ3v) is 4.78. The Hall–Kier alpha value is -0.890. The Balaban J connectivity index is 2.47. The fourth-order valence-corrected chi connectivity index (χ4v) is 3.19. The Morgan fingerprint density at radius 2 is 2.12 bits per heavy atom. The minimum absolute atomic E-state index is 0.0296. The minimum Gasteiger partial charge on any atom is -0.393 e. The Morgan fingerprint density at radius 3 is 2.71 bits per heavy atom. The smallest absolute Gasteiger partial charge is 0.181 e. The fourth-order valence-electron chi connectivity index (χ4n) is 3.19. The lowest BCUT2D eigenvalue weighted by atomic mass is 9.58. The molecule has 2 aliphatic carbocycles. The van der Waals surface area contributed by atoms with E-state index in [-0.39, 0.29) is 23.2 Å². The summed E-state index contributed by atoms with van der Waals surface area (Å²) in [6, 6.07) is 0. The highest BCUT2D eigenvalue weighted by Gasteiger charge is 2.45. The van der Waals surface area contributed by atoms with E-state index in [4.69, 9.17) is 0 Å². The molecule has 1 saturated carbocycles. The van der Waals surface area contributed by atoms with Crippen LogP contribution in [0.5, 0.6) is 0 Å². The maximum absolute atomic E-state index is 12.0. The van der Waals surface area contributed by atoms with Crippen molar-refractivity contribution < 1.29 is 9.90 Å². The molecule has 0 aromatic carbocycles. The molecule has 0 amide bonds. The van der Waals surface area contributed by atoms with Gasteiger partial charge in [-0.15, -0.1) is 0 Å². The van der Waals surface area contributed by atoms with E-state index in [9.17, 15) is 9.90 Å². The summed E-state index contributed by atoms with van der Waals surface area (Å²) in [6.07, 6.45) is 4.04. The lowest BCUT2D eigenvalue weighted by Crippen LogP contribution is -2.43. The van der Waals surface area contributed by atoms with E-state index < -0.39 is 0 Å². The first kappa shape index (κ1) is 12.6. The second-order valence-electron chi connectivity index (χ2n) is 6.00. The molecule has 0 bridgehead atoms. The Labute approximate surface area is 103 Å². The number of carbonyl (C=O) groups is 1. The van der Waals surface area contributed by atoms with E-state index in [0.29, 0.717) is 0 Å². The van der Waals surface area contributed by atoms with Gasteiger partial charge in [-0.25, -0.2) is 0 Å². The molecule has 17 heavy (non-hydrogen) atoms. The molecule has 0 aromatic rings. The van der Waals surface area contributed by atoms with Crippen molar-refractivity contribution >= 4 is 5.78 Å². The van der Waals surface area contributed by atoms with Gasteiger partial charge in [0.1, 0.15) is 0 Å². The van der Waals surface area contributed by atoms with E-state index in [2.05, 4.69) is 13.8 Å². The van der Waals surface area contributed by atoms with Gasteiger partial charge in [0.25, 0.3) is 0 Å². The fraction of sp³-hybridized carbons (Fsp3) is 0.667. The standard InChI is InChI=1S/C15H22O2/c1-9(2)12-8-15(4)10(3)13(16)6-5-11(15)7-14(12)17/h7,10,13,16H,5-6,8H2,1-4H3/t10-,13+,15+/m1/s1. The summed E-state index contributed by atoms with van der Waals surface area (Å²) in [5.74, 6) is 0.408. The summed E-state index contributed by atoms with van der Waals surface area (Å²) >= 11 is 0. The molecule has 1 fully saturated rings. The van der Waals surface area contributed by atoms with Crippen molar-refractivity contribution in [2.75, 3.05) is 0 Å². The number of aliphatic hydroxyl groups excluding tert-OH is 1. The molecule has 0 aliphatic heterocycles. The summed E-state index contributed by atoms with van der Waals surface area (Å²) in [7, 11) is 0. The number of allylic oxidation sites excluding steroid dienone is 4. The van der Waals surface area contributed by atoms with Crippen LogP contribution in [-0.4, -0.2) is 17.0 Å². The van der Waals surface area contributed by atoms with Gasteiger partial charge in [-0.2, -0.15) is 0 Å². The molecule has 2 rings (SSSR count). The van der Waals surface area contributed by atoms with Crippen LogP contribution in [0.3, 0.4) is 0 Å². The molecule has 2 nitrogen and oxygen atoms in total. The van der Waals surface area contributed by atoms with Gasteiger partial charge in [0.05, 0.1) is 6.10 Å². The van der Waals surface area contributed by atoms with Crippen molar-refractivity contribution in [3.63, 3.8) is 0 Å². The van der Waals surface area contributed by atoms with Crippen LogP contribution in [0.15, 0.2) is 22.8 Å². The lowest BCUT2D eigenvalue weighted by molar-refractivity contribution is -0.112. The van der Waals surface area contributed by atoms with Gasteiger partial charge in [0.15, 0.2) is 5.78 Å². The highest BCUT2D eigenvalue weighted by molar-refractivity contribution is 6.06. The van der Waals surface area contributed by atoms with Crippen LogP contribution in [-0.2, 0) is 4.79 Å². The zero-order chi connectivity index (χ0) is 12.8. The number of fused-ring (bicyclic) bond motifs is 1. The topological polar surface area (TPSA) is 37.3 Å². The van der Waals surface area contributed by atoms with Gasteiger partial charge in [-0.05, 0) is 56.1 Å². The molecule has 94 valence electrons. The summed E-state index contributed by atoms with van der Waals surface area (Å²) in [5, 5.41) is 10.0. The Kier molecular flexibility index (Phi) is 3.03. The van der Waals surface area contributed by atoms with E-state index in [0.717, 1.165) is 30.4 Å². The van der Waals surface area contributed by atoms with Crippen LogP contribution in [0.25, 0.3) is 0 Å². The quantitative estimate of drug-likeness (QED) is 0.654. The Morgan fingerprint density at radius 1 is 1.47 bits per heavy atom. The van der Waals surface area contributed by atoms with Crippen LogP contribution in [0.1, 0.15) is 47.0 Å². The number of hydrogen-bond acceptors (Lipinski definition) is 2. The first-order valence-corrected chi connectivity index (χ1v) is 6.46. The van der Waals surface area contributed by atoms with Crippen LogP contribution in [0.4, 0.5) is 0 Å². The summed E-state index contributed by atoms with van der Waals surface area (Å²) in [6.45, 7) is 8.30. The first-order chi connectivity index (χ1) is 7.86. The molecule has 0 unspecified atom stereocenters. The zero-order valence-corrected chi connectivity index (χ0v) is 11.2. The van der Waals surface area contributed by atoms with E-state index in [1.165, 1.54) is 5.57 Å². The normalized spacial score (nSPS) is 37.6. The van der Waals surface area contributed by atoms with Crippen molar-refractivity contribution in [1.29, 1.82) is 0 Å². The first-order valence-electron chi connectivity index (χ1n) is 6.46. The number of hydrogen-bond donors (Lipinski definition) is 1. The summed E-state index contributed by atoms with van der Waals surface area (Å²) in [5.41, 5.74) is 3.26. The molecule has 0 spiro atoms. The second-order valence-corrected chi connectivity index (χ2v) is 6.00. The van der Waals surface area contributed by atoms with Gasteiger partial charge in [-0.3, -0.25) is 4.79 Å².